The van der Waals surface area contributed by atoms with E-state index in [1.165, 1.54) is 13.1 Å². The van der Waals surface area contributed by atoms with E-state index in [2.05, 4.69) is 5.10 Å². The maximum atomic E-state index is 12.5. The number of aromatic nitrogens is 2. The summed E-state index contributed by atoms with van der Waals surface area (Å²) in [6, 6.07) is 3.87. The number of nitrogens with zero attached hydrogens (tertiary/aromatic N) is 2. The molecule has 0 unspecified atom stereocenters. The van der Waals surface area contributed by atoms with Crippen LogP contribution >= 0.6 is 11.3 Å². The van der Waals surface area contributed by atoms with Gasteiger partial charge in [0.05, 0.1) is 11.4 Å². The van der Waals surface area contributed by atoms with Crippen LogP contribution in [0.4, 0.5) is 13.2 Å². The van der Waals surface area contributed by atoms with Crippen molar-refractivity contribution < 1.29 is 21.6 Å². The highest BCUT2D eigenvalue weighted by molar-refractivity contribution is 7.92. The number of rotatable bonds is 3. The maximum Gasteiger partial charge on any atom is 0.435 e. The van der Waals surface area contributed by atoms with Crippen molar-refractivity contribution in [2.24, 2.45) is 7.05 Å². The van der Waals surface area contributed by atoms with Crippen molar-refractivity contribution in [2.75, 3.05) is 0 Å². The zero-order valence-corrected chi connectivity index (χ0v) is 12.2. The van der Waals surface area contributed by atoms with Gasteiger partial charge in [-0.15, -0.1) is 11.3 Å². The fraction of sp³-hybridized carbons (Fsp3) is 0.364. The van der Waals surface area contributed by atoms with E-state index in [1.807, 2.05) is 0 Å². The minimum atomic E-state index is -4.58. The van der Waals surface area contributed by atoms with Crippen molar-refractivity contribution in [3.05, 3.63) is 34.5 Å². The summed E-state index contributed by atoms with van der Waals surface area (Å²) >= 11 is 1.09. The molecule has 0 saturated carbocycles. The van der Waals surface area contributed by atoms with Gasteiger partial charge in [0.1, 0.15) is 4.21 Å². The van der Waals surface area contributed by atoms with E-state index in [-0.39, 0.29) is 9.90 Å². The van der Waals surface area contributed by atoms with E-state index in [4.69, 9.17) is 0 Å². The first-order valence-electron chi connectivity index (χ1n) is 5.49. The number of alkyl halides is 3. The van der Waals surface area contributed by atoms with Crippen LogP contribution in [-0.2, 0) is 28.8 Å². The lowest BCUT2D eigenvalue weighted by Gasteiger charge is -2.02. The molecule has 0 bridgehead atoms. The van der Waals surface area contributed by atoms with Crippen LogP contribution in [0.2, 0.25) is 0 Å². The Kier molecular flexibility index (Phi) is 3.67. The summed E-state index contributed by atoms with van der Waals surface area (Å²) in [7, 11) is -2.37. The molecule has 0 aliphatic carbocycles. The Morgan fingerprint density at radius 2 is 2.00 bits per heavy atom. The Morgan fingerprint density at radius 1 is 1.35 bits per heavy atom. The molecule has 0 spiro atoms. The van der Waals surface area contributed by atoms with E-state index in [0.29, 0.717) is 0 Å². The summed E-state index contributed by atoms with van der Waals surface area (Å²) < 4.78 is 62.9. The second-order valence-electron chi connectivity index (χ2n) is 4.27. The summed E-state index contributed by atoms with van der Waals surface area (Å²) in [5, 5.41) is 3.30. The first-order chi connectivity index (χ1) is 9.09. The third-order valence-corrected chi connectivity index (χ3v) is 5.86. The number of hydrogen-bond acceptors (Lipinski definition) is 4. The van der Waals surface area contributed by atoms with Gasteiger partial charge in [0, 0.05) is 11.9 Å². The quantitative estimate of drug-likeness (QED) is 0.872. The van der Waals surface area contributed by atoms with Gasteiger partial charge in [0.25, 0.3) is 0 Å². The average Bonchev–Trinajstić information content (AvgIpc) is 2.85. The number of sulfone groups is 1. The fourth-order valence-electron chi connectivity index (χ4n) is 1.62. The van der Waals surface area contributed by atoms with Crippen molar-refractivity contribution in [1.82, 2.24) is 9.78 Å². The van der Waals surface area contributed by atoms with Crippen LogP contribution in [0, 0.1) is 6.92 Å². The first-order valence-corrected chi connectivity index (χ1v) is 7.96. The van der Waals surface area contributed by atoms with Gasteiger partial charge < -0.3 is 0 Å². The zero-order chi connectivity index (χ0) is 15.1. The van der Waals surface area contributed by atoms with Gasteiger partial charge in [0.2, 0.25) is 0 Å². The lowest BCUT2D eigenvalue weighted by atomic mass is 10.4. The monoisotopic (exact) mass is 324 g/mol. The first kappa shape index (κ1) is 15.0. The second kappa shape index (κ2) is 4.88. The van der Waals surface area contributed by atoms with Crippen LogP contribution in [0.25, 0.3) is 0 Å². The molecular formula is C11H11F3N2O2S2. The summed E-state index contributed by atoms with van der Waals surface area (Å²) in [5.41, 5.74) is -1.09. The topological polar surface area (TPSA) is 52.0 Å². The molecule has 2 aromatic rings. The predicted octanol–water partition coefficient (Wildman–Crippen LogP) is 2.78. The van der Waals surface area contributed by atoms with Crippen molar-refractivity contribution in [3.8, 4) is 0 Å². The van der Waals surface area contributed by atoms with Crippen LogP contribution < -0.4 is 0 Å². The van der Waals surface area contributed by atoms with Gasteiger partial charge in [-0.05, 0) is 25.1 Å². The molecule has 0 N–H and O–H groups in total. The van der Waals surface area contributed by atoms with Crippen molar-refractivity contribution in [3.63, 3.8) is 0 Å². The smallest absolute Gasteiger partial charge is 0.271 e. The molecule has 2 rings (SSSR count). The molecule has 0 amide bonds. The lowest BCUT2D eigenvalue weighted by Crippen LogP contribution is -2.08. The molecular weight excluding hydrogens is 313 g/mol. The molecule has 20 heavy (non-hydrogen) atoms. The number of hydrogen-bond donors (Lipinski definition) is 0. The fourth-order valence-corrected chi connectivity index (χ4v) is 4.37. The second-order valence-corrected chi connectivity index (χ2v) is 7.77. The molecule has 110 valence electrons. The highest BCUT2D eigenvalue weighted by atomic mass is 32.2. The van der Waals surface area contributed by atoms with E-state index >= 15 is 0 Å². The highest BCUT2D eigenvalue weighted by Gasteiger charge is 2.35. The van der Waals surface area contributed by atoms with Crippen molar-refractivity contribution in [1.29, 1.82) is 0 Å². The third-order valence-electron chi connectivity index (χ3n) is 2.63. The standard InChI is InChI=1S/C11H11F3N2O2S2/c1-7-3-4-10(19-7)20(17,18)6-8-5-9(11(12,13)14)15-16(8)2/h3-5H,6H2,1-2H3. The largest absolute Gasteiger partial charge is 0.435 e. The highest BCUT2D eigenvalue weighted by Crippen LogP contribution is 2.30. The molecule has 0 radical (unpaired) electrons. The minimum Gasteiger partial charge on any atom is -0.271 e. The van der Waals surface area contributed by atoms with Gasteiger partial charge in [-0.25, -0.2) is 8.42 Å². The molecule has 0 aliphatic rings. The lowest BCUT2D eigenvalue weighted by molar-refractivity contribution is -0.141. The number of halogens is 3. The van der Waals surface area contributed by atoms with E-state index in [9.17, 15) is 21.6 Å². The van der Waals surface area contributed by atoms with E-state index in [1.54, 1.807) is 13.0 Å². The van der Waals surface area contributed by atoms with Gasteiger partial charge >= 0.3 is 6.18 Å². The SMILES string of the molecule is Cc1ccc(S(=O)(=O)Cc2cc(C(F)(F)F)nn2C)s1. The summed E-state index contributed by atoms with van der Waals surface area (Å²) in [5.74, 6) is -0.507. The Balaban J connectivity index is 2.33. The zero-order valence-electron chi connectivity index (χ0n) is 10.6. The van der Waals surface area contributed by atoms with Crippen LogP contribution in [0.1, 0.15) is 16.3 Å². The number of aryl methyl sites for hydroxylation is 2. The molecule has 0 aliphatic heterocycles. The van der Waals surface area contributed by atoms with Crippen molar-refractivity contribution >= 4 is 21.2 Å². The summed E-state index contributed by atoms with van der Waals surface area (Å²) in [6.45, 7) is 1.76. The van der Waals surface area contributed by atoms with Crippen molar-refractivity contribution in [2.45, 2.75) is 23.1 Å². The third kappa shape index (κ3) is 3.04. The van der Waals surface area contributed by atoms with Gasteiger partial charge in [-0.1, -0.05) is 0 Å². The molecule has 2 heterocycles. The summed E-state index contributed by atoms with van der Waals surface area (Å²) in [6.07, 6.45) is -4.58. The van der Waals surface area contributed by atoms with Gasteiger partial charge in [-0.3, -0.25) is 4.68 Å². The molecule has 0 aromatic carbocycles. The summed E-state index contributed by atoms with van der Waals surface area (Å²) in [4.78, 5) is 0.824. The predicted molar refractivity (Wildman–Crippen MR) is 68.2 cm³/mol. The van der Waals surface area contributed by atoms with E-state index in [0.717, 1.165) is 27.0 Å². The van der Waals surface area contributed by atoms with Crippen LogP contribution in [0.3, 0.4) is 0 Å². The van der Waals surface area contributed by atoms with Gasteiger partial charge in [-0.2, -0.15) is 18.3 Å². The Hall–Kier alpha value is -1.35. The van der Waals surface area contributed by atoms with E-state index < -0.39 is 27.5 Å². The molecule has 4 nitrogen and oxygen atoms in total. The Labute approximate surface area is 117 Å². The van der Waals surface area contributed by atoms with Crippen LogP contribution in [0.15, 0.2) is 22.4 Å². The molecule has 9 heteroatoms. The molecule has 0 fully saturated rings. The number of thiophene rings is 1. The molecule has 2 aromatic heterocycles. The normalized spacial score (nSPS) is 12.8. The average molecular weight is 324 g/mol. The Bertz CT molecular complexity index is 729. The minimum absolute atomic E-state index is 0.00313. The van der Waals surface area contributed by atoms with Crippen LogP contribution in [0.5, 0.6) is 0 Å². The molecule has 0 saturated heterocycles. The molecule has 0 atom stereocenters. The maximum absolute atomic E-state index is 12.5. The Morgan fingerprint density at radius 3 is 2.45 bits per heavy atom. The van der Waals surface area contributed by atoms with Crippen LogP contribution in [-0.4, -0.2) is 18.2 Å². The van der Waals surface area contributed by atoms with Gasteiger partial charge in [0.15, 0.2) is 15.5 Å².